The van der Waals surface area contributed by atoms with Crippen LogP contribution in [0.3, 0.4) is 0 Å². The third-order valence-electron chi connectivity index (χ3n) is 6.89. The number of carbonyl (C=O) groups is 3. The van der Waals surface area contributed by atoms with E-state index in [1.54, 1.807) is 31.7 Å². The number of alkyl carbamates (subject to hydrolysis) is 1. The zero-order chi connectivity index (χ0) is 31.2. The minimum Gasteiger partial charge on any atom is -0.444 e. The molecule has 2 N–H and O–H groups in total. The van der Waals surface area contributed by atoms with E-state index in [0.717, 1.165) is 27.8 Å². The van der Waals surface area contributed by atoms with E-state index in [9.17, 15) is 14.4 Å². The van der Waals surface area contributed by atoms with Crippen molar-refractivity contribution < 1.29 is 19.1 Å². The van der Waals surface area contributed by atoms with Crippen LogP contribution >= 0.6 is 11.6 Å². The van der Waals surface area contributed by atoms with E-state index in [0.29, 0.717) is 10.7 Å². The van der Waals surface area contributed by atoms with Gasteiger partial charge in [-0.25, -0.2) is 4.79 Å². The van der Waals surface area contributed by atoms with Gasteiger partial charge in [-0.3, -0.25) is 9.59 Å². The van der Waals surface area contributed by atoms with E-state index in [1.165, 1.54) is 0 Å². The summed E-state index contributed by atoms with van der Waals surface area (Å²) in [5.41, 5.74) is 3.84. The summed E-state index contributed by atoms with van der Waals surface area (Å²) < 4.78 is 5.52. The smallest absolute Gasteiger partial charge is 0.408 e. The Morgan fingerprint density at radius 2 is 1.43 bits per heavy atom. The van der Waals surface area contributed by atoms with Gasteiger partial charge in [-0.15, -0.1) is 0 Å². The van der Waals surface area contributed by atoms with Gasteiger partial charge in [0.25, 0.3) is 5.91 Å². The first kappa shape index (κ1) is 32.7. The molecule has 3 aromatic rings. The second kappa shape index (κ2) is 13.9. The fourth-order valence-corrected chi connectivity index (χ4v) is 5.27. The molecule has 0 saturated heterocycles. The van der Waals surface area contributed by atoms with Crippen molar-refractivity contribution in [3.63, 3.8) is 0 Å². The lowest BCUT2D eigenvalue weighted by molar-refractivity contribution is -0.143. The second-order valence-electron chi connectivity index (χ2n) is 11.9. The highest BCUT2D eigenvalue weighted by Gasteiger charge is 2.39. The molecule has 3 rings (SSSR count). The lowest BCUT2D eigenvalue weighted by Crippen LogP contribution is -2.55. The van der Waals surface area contributed by atoms with Gasteiger partial charge >= 0.3 is 6.09 Å². The number of nitrogens with one attached hydrogen (secondary N) is 2. The summed E-state index contributed by atoms with van der Waals surface area (Å²) in [4.78, 5) is 43.4. The average molecular weight is 592 g/mol. The first-order valence-corrected chi connectivity index (χ1v) is 14.5. The van der Waals surface area contributed by atoms with Crippen LogP contribution in [0.5, 0.6) is 0 Å². The largest absolute Gasteiger partial charge is 0.444 e. The summed E-state index contributed by atoms with van der Waals surface area (Å²) in [6.45, 7) is 14.7. The molecule has 0 aromatic heterocycles. The molecule has 42 heavy (non-hydrogen) atoms. The summed E-state index contributed by atoms with van der Waals surface area (Å²) in [7, 11) is 0. The molecule has 224 valence electrons. The molecule has 3 amide bonds. The molecule has 0 aliphatic rings. The quantitative estimate of drug-likeness (QED) is 0.273. The van der Waals surface area contributed by atoms with Crippen LogP contribution in [-0.4, -0.2) is 40.5 Å². The molecule has 7 nitrogen and oxygen atoms in total. The number of nitrogens with zero attached hydrogens (tertiary/aromatic N) is 1. The van der Waals surface area contributed by atoms with E-state index in [1.807, 2.05) is 95.3 Å². The predicted octanol–water partition coefficient (Wildman–Crippen LogP) is 7.32. The Balaban J connectivity index is 2.13. The maximum Gasteiger partial charge on any atom is 0.408 e. The standard InChI is InChI=1S/C34H42ClN3O4/c1-21(2)38(32(40)27(20-25-17-10-9-11-18-25)36-33(41)42-34(6,7)8)30(28-22(3)14-12-15-23(28)4)31(39)37-29-24(5)16-13-19-26(29)35/h9-19,21,27,30H,20H2,1-8H3,(H,36,41)(H,37,39). The number of hydrogen-bond donors (Lipinski definition) is 2. The normalized spacial score (nSPS) is 12.8. The van der Waals surface area contributed by atoms with E-state index >= 15 is 0 Å². The Morgan fingerprint density at radius 3 is 1.98 bits per heavy atom. The van der Waals surface area contributed by atoms with Gasteiger partial charge in [0.1, 0.15) is 17.7 Å². The monoisotopic (exact) mass is 591 g/mol. The Labute approximate surface area is 254 Å². The number of carbonyl (C=O) groups excluding carboxylic acids is 3. The lowest BCUT2D eigenvalue weighted by atomic mass is 9.92. The van der Waals surface area contributed by atoms with Crippen molar-refractivity contribution in [3.8, 4) is 0 Å². The van der Waals surface area contributed by atoms with Gasteiger partial charge in [-0.2, -0.15) is 0 Å². The van der Waals surface area contributed by atoms with Crippen molar-refractivity contribution in [1.29, 1.82) is 0 Å². The second-order valence-corrected chi connectivity index (χ2v) is 12.3. The zero-order valence-corrected chi connectivity index (χ0v) is 26.5. The summed E-state index contributed by atoms with van der Waals surface area (Å²) >= 11 is 6.49. The van der Waals surface area contributed by atoms with E-state index in [4.69, 9.17) is 16.3 Å². The molecule has 8 heteroatoms. The van der Waals surface area contributed by atoms with Crippen molar-refractivity contribution in [3.05, 3.63) is 99.6 Å². The third kappa shape index (κ3) is 8.35. The fourth-order valence-electron chi connectivity index (χ4n) is 5.00. The van der Waals surface area contributed by atoms with Crippen molar-refractivity contribution in [1.82, 2.24) is 10.2 Å². The molecule has 0 radical (unpaired) electrons. The molecule has 0 spiro atoms. The van der Waals surface area contributed by atoms with Crippen molar-refractivity contribution in [2.45, 2.75) is 85.5 Å². The van der Waals surface area contributed by atoms with Crippen molar-refractivity contribution in [2.75, 3.05) is 5.32 Å². The van der Waals surface area contributed by atoms with Gasteiger partial charge < -0.3 is 20.3 Å². The van der Waals surface area contributed by atoms with Crippen LogP contribution in [0, 0.1) is 20.8 Å². The molecule has 0 aliphatic carbocycles. The van der Waals surface area contributed by atoms with Gasteiger partial charge in [0.2, 0.25) is 5.91 Å². The summed E-state index contributed by atoms with van der Waals surface area (Å²) in [6.07, 6.45) is -0.493. The fraction of sp³-hybridized carbons (Fsp3) is 0.382. The average Bonchev–Trinajstić information content (AvgIpc) is 2.88. The Bertz CT molecular complexity index is 1380. The Kier molecular flexibility index (Phi) is 10.8. The zero-order valence-electron chi connectivity index (χ0n) is 25.7. The summed E-state index contributed by atoms with van der Waals surface area (Å²) in [5.74, 6) is -0.806. The number of para-hydroxylation sites is 1. The maximum absolute atomic E-state index is 14.6. The number of rotatable bonds is 9. The molecular formula is C34H42ClN3O4. The predicted molar refractivity (Wildman–Crippen MR) is 169 cm³/mol. The number of benzene rings is 3. The molecule has 2 unspecified atom stereocenters. The van der Waals surface area contributed by atoms with Gasteiger partial charge in [-0.1, -0.05) is 72.3 Å². The van der Waals surface area contributed by atoms with Crippen LogP contribution in [0.15, 0.2) is 66.7 Å². The number of aryl methyl sites for hydroxylation is 3. The molecule has 3 aromatic carbocycles. The molecule has 2 atom stereocenters. The van der Waals surface area contributed by atoms with Gasteiger partial charge in [0.15, 0.2) is 0 Å². The number of ether oxygens (including phenoxy) is 1. The maximum atomic E-state index is 14.6. The number of halogens is 1. The first-order chi connectivity index (χ1) is 19.7. The van der Waals surface area contributed by atoms with Gasteiger partial charge in [0, 0.05) is 12.5 Å². The molecular weight excluding hydrogens is 550 g/mol. The molecule has 0 bridgehead atoms. The van der Waals surface area contributed by atoms with Crippen LogP contribution in [0.4, 0.5) is 10.5 Å². The van der Waals surface area contributed by atoms with Crippen molar-refractivity contribution in [2.24, 2.45) is 0 Å². The minimum atomic E-state index is -1.01. The van der Waals surface area contributed by atoms with Crippen LogP contribution < -0.4 is 10.6 Å². The molecule has 0 fully saturated rings. The van der Waals surface area contributed by atoms with Crippen LogP contribution in [-0.2, 0) is 20.7 Å². The van der Waals surface area contributed by atoms with E-state index < -0.39 is 41.6 Å². The summed E-state index contributed by atoms with van der Waals surface area (Å²) in [5, 5.41) is 6.20. The minimum absolute atomic E-state index is 0.215. The SMILES string of the molecule is Cc1cccc(Cl)c1NC(=O)C(c1c(C)cccc1C)N(C(=O)C(Cc1ccccc1)NC(=O)OC(C)(C)C)C(C)C. The molecule has 0 aliphatic heterocycles. The number of hydrogen-bond acceptors (Lipinski definition) is 4. The highest BCUT2D eigenvalue weighted by Crippen LogP contribution is 2.33. The van der Waals surface area contributed by atoms with Crippen LogP contribution in [0.2, 0.25) is 5.02 Å². The molecule has 0 heterocycles. The van der Waals surface area contributed by atoms with Crippen LogP contribution in [0.1, 0.15) is 68.5 Å². The third-order valence-corrected chi connectivity index (χ3v) is 7.21. The highest BCUT2D eigenvalue weighted by molar-refractivity contribution is 6.34. The van der Waals surface area contributed by atoms with E-state index in [2.05, 4.69) is 10.6 Å². The van der Waals surface area contributed by atoms with Crippen LogP contribution in [0.25, 0.3) is 0 Å². The highest BCUT2D eigenvalue weighted by atomic mass is 35.5. The van der Waals surface area contributed by atoms with E-state index in [-0.39, 0.29) is 6.42 Å². The molecule has 0 saturated carbocycles. The number of amides is 3. The van der Waals surface area contributed by atoms with Crippen molar-refractivity contribution >= 4 is 35.2 Å². The lowest BCUT2D eigenvalue weighted by Gasteiger charge is -2.38. The topological polar surface area (TPSA) is 87.7 Å². The Morgan fingerprint density at radius 1 is 0.857 bits per heavy atom. The first-order valence-electron chi connectivity index (χ1n) is 14.2. The van der Waals surface area contributed by atoms with Gasteiger partial charge in [0.05, 0.1) is 10.7 Å². The summed E-state index contributed by atoms with van der Waals surface area (Å²) in [6, 6.07) is 18.2. The van der Waals surface area contributed by atoms with Gasteiger partial charge in [-0.05, 0) is 89.3 Å². The number of anilines is 1. The Hall–Kier alpha value is -3.84.